The van der Waals surface area contributed by atoms with Gasteiger partial charge in [0.15, 0.2) is 0 Å². The molecule has 4 rings (SSSR count). The minimum atomic E-state index is 0.172. The standard InChI is InChI=1S/C21H21NO2/c1-14-7-8-19-18(13-24-21(19)15(14)2)11-20(23)22-10-9-16-5-3-4-6-17(16)12-22/h3-8,13H,9-12H2,1-2H3. The quantitative estimate of drug-likeness (QED) is 0.710. The first-order valence-electron chi connectivity index (χ1n) is 8.44. The molecule has 0 radical (unpaired) electrons. The number of fused-ring (bicyclic) bond motifs is 2. The highest BCUT2D eigenvalue weighted by atomic mass is 16.3. The Labute approximate surface area is 141 Å². The summed E-state index contributed by atoms with van der Waals surface area (Å²) < 4.78 is 5.73. The predicted molar refractivity (Wildman–Crippen MR) is 95.0 cm³/mol. The van der Waals surface area contributed by atoms with Gasteiger partial charge in [-0.1, -0.05) is 36.4 Å². The van der Waals surface area contributed by atoms with Crippen molar-refractivity contribution in [3.63, 3.8) is 0 Å². The molecule has 1 amide bonds. The van der Waals surface area contributed by atoms with Crippen LogP contribution in [0, 0.1) is 13.8 Å². The molecule has 122 valence electrons. The number of furan rings is 1. The fourth-order valence-corrected chi connectivity index (χ4v) is 3.51. The zero-order chi connectivity index (χ0) is 16.7. The zero-order valence-corrected chi connectivity index (χ0v) is 14.1. The number of benzene rings is 2. The van der Waals surface area contributed by atoms with Gasteiger partial charge in [-0.25, -0.2) is 0 Å². The molecule has 0 saturated carbocycles. The van der Waals surface area contributed by atoms with E-state index >= 15 is 0 Å². The molecule has 1 aliphatic rings. The summed E-state index contributed by atoms with van der Waals surface area (Å²) in [5, 5.41) is 1.06. The van der Waals surface area contributed by atoms with Gasteiger partial charge in [-0.05, 0) is 42.5 Å². The minimum Gasteiger partial charge on any atom is -0.464 e. The molecule has 2 aromatic carbocycles. The molecular formula is C21H21NO2. The Hall–Kier alpha value is -2.55. The molecule has 3 heteroatoms. The summed E-state index contributed by atoms with van der Waals surface area (Å²) in [6.07, 6.45) is 3.08. The highest BCUT2D eigenvalue weighted by molar-refractivity contribution is 5.89. The lowest BCUT2D eigenvalue weighted by Crippen LogP contribution is -2.36. The van der Waals surface area contributed by atoms with Gasteiger partial charge >= 0.3 is 0 Å². The number of rotatable bonds is 2. The summed E-state index contributed by atoms with van der Waals surface area (Å²) in [4.78, 5) is 14.7. The summed E-state index contributed by atoms with van der Waals surface area (Å²) in [6, 6.07) is 12.5. The van der Waals surface area contributed by atoms with E-state index in [0.29, 0.717) is 13.0 Å². The van der Waals surface area contributed by atoms with Crippen LogP contribution in [0.15, 0.2) is 47.1 Å². The molecule has 3 nitrogen and oxygen atoms in total. The first-order chi connectivity index (χ1) is 11.6. The number of hydrogen-bond donors (Lipinski definition) is 0. The van der Waals surface area contributed by atoms with E-state index in [-0.39, 0.29) is 5.91 Å². The number of carbonyl (C=O) groups excluding carboxylic acids is 1. The first-order valence-corrected chi connectivity index (χ1v) is 8.44. The molecule has 3 aromatic rings. The van der Waals surface area contributed by atoms with Crippen LogP contribution in [0.4, 0.5) is 0 Å². The minimum absolute atomic E-state index is 0.172. The Balaban J connectivity index is 1.56. The van der Waals surface area contributed by atoms with Crippen LogP contribution >= 0.6 is 0 Å². The second-order valence-corrected chi connectivity index (χ2v) is 6.66. The Morgan fingerprint density at radius 1 is 1.12 bits per heavy atom. The van der Waals surface area contributed by atoms with Gasteiger partial charge in [-0.2, -0.15) is 0 Å². The monoisotopic (exact) mass is 319 g/mol. The van der Waals surface area contributed by atoms with E-state index in [1.54, 1.807) is 6.26 Å². The van der Waals surface area contributed by atoms with Crippen molar-refractivity contribution in [3.8, 4) is 0 Å². The Morgan fingerprint density at radius 3 is 2.75 bits per heavy atom. The number of aryl methyl sites for hydroxylation is 2. The second-order valence-electron chi connectivity index (χ2n) is 6.66. The van der Waals surface area contributed by atoms with E-state index in [2.05, 4.69) is 44.2 Å². The van der Waals surface area contributed by atoms with Crippen molar-refractivity contribution in [2.75, 3.05) is 6.54 Å². The van der Waals surface area contributed by atoms with Crippen LogP contribution < -0.4 is 0 Å². The lowest BCUT2D eigenvalue weighted by atomic mass is 9.99. The Bertz CT molecular complexity index is 923. The molecule has 0 bridgehead atoms. The summed E-state index contributed by atoms with van der Waals surface area (Å²) >= 11 is 0. The van der Waals surface area contributed by atoms with E-state index in [9.17, 15) is 4.79 Å². The third-order valence-electron chi connectivity index (χ3n) is 5.17. The molecule has 0 unspecified atom stereocenters. The molecular weight excluding hydrogens is 298 g/mol. The van der Waals surface area contributed by atoms with Crippen molar-refractivity contribution in [2.24, 2.45) is 0 Å². The first kappa shape index (κ1) is 15.0. The number of hydrogen-bond acceptors (Lipinski definition) is 2. The van der Waals surface area contributed by atoms with Gasteiger partial charge in [0.05, 0.1) is 12.7 Å². The van der Waals surface area contributed by atoms with Gasteiger partial charge in [0, 0.05) is 24.0 Å². The number of carbonyl (C=O) groups is 1. The fraction of sp³-hybridized carbons (Fsp3) is 0.286. The summed E-state index contributed by atoms with van der Waals surface area (Å²) in [7, 11) is 0. The molecule has 0 atom stereocenters. The highest BCUT2D eigenvalue weighted by Crippen LogP contribution is 2.27. The van der Waals surface area contributed by atoms with Crippen LogP contribution in [0.5, 0.6) is 0 Å². The molecule has 0 spiro atoms. The molecule has 24 heavy (non-hydrogen) atoms. The van der Waals surface area contributed by atoms with Crippen LogP contribution in [0.2, 0.25) is 0 Å². The summed E-state index contributed by atoms with van der Waals surface area (Å²) in [5.74, 6) is 0.172. The van der Waals surface area contributed by atoms with Crippen molar-refractivity contribution in [3.05, 3.63) is 70.5 Å². The van der Waals surface area contributed by atoms with Gasteiger partial charge in [-0.3, -0.25) is 4.79 Å². The normalized spacial score (nSPS) is 14.0. The maximum absolute atomic E-state index is 12.8. The Morgan fingerprint density at radius 2 is 1.92 bits per heavy atom. The zero-order valence-electron chi connectivity index (χ0n) is 14.1. The highest BCUT2D eigenvalue weighted by Gasteiger charge is 2.22. The van der Waals surface area contributed by atoms with Gasteiger partial charge < -0.3 is 9.32 Å². The van der Waals surface area contributed by atoms with Crippen LogP contribution in [-0.4, -0.2) is 17.4 Å². The van der Waals surface area contributed by atoms with Crippen LogP contribution in [0.3, 0.4) is 0 Å². The average Bonchev–Trinajstić information content (AvgIpc) is 3.01. The van der Waals surface area contributed by atoms with Crippen molar-refractivity contribution < 1.29 is 9.21 Å². The lowest BCUT2D eigenvalue weighted by Gasteiger charge is -2.28. The molecule has 1 aromatic heterocycles. The SMILES string of the molecule is Cc1ccc2c(CC(=O)N3CCc4ccccc4C3)coc2c1C. The van der Waals surface area contributed by atoms with E-state index in [1.165, 1.54) is 16.7 Å². The molecule has 1 aliphatic heterocycles. The maximum Gasteiger partial charge on any atom is 0.227 e. The second kappa shape index (κ2) is 5.82. The molecule has 0 saturated heterocycles. The van der Waals surface area contributed by atoms with Crippen molar-refractivity contribution in [1.82, 2.24) is 4.90 Å². The van der Waals surface area contributed by atoms with E-state index in [4.69, 9.17) is 4.42 Å². The molecule has 0 aliphatic carbocycles. The third kappa shape index (κ3) is 2.50. The number of nitrogens with zero attached hydrogens (tertiary/aromatic N) is 1. The summed E-state index contributed by atoms with van der Waals surface area (Å²) in [6.45, 7) is 5.65. The largest absolute Gasteiger partial charge is 0.464 e. The third-order valence-corrected chi connectivity index (χ3v) is 5.17. The smallest absolute Gasteiger partial charge is 0.227 e. The molecule has 2 heterocycles. The average molecular weight is 319 g/mol. The van der Waals surface area contributed by atoms with Crippen molar-refractivity contribution >= 4 is 16.9 Å². The van der Waals surface area contributed by atoms with Gasteiger partial charge in [0.1, 0.15) is 5.58 Å². The molecule has 0 N–H and O–H groups in total. The van der Waals surface area contributed by atoms with Crippen molar-refractivity contribution in [1.29, 1.82) is 0 Å². The summed E-state index contributed by atoms with van der Waals surface area (Å²) in [5.41, 5.74) is 6.88. The van der Waals surface area contributed by atoms with Crippen LogP contribution in [-0.2, 0) is 24.2 Å². The van der Waals surface area contributed by atoms with E-state index in [1.807, 2.05) is 11.0 Å². The van der Waals surface area contributed by atoms with Gasteiger partial charge in [0.25, 0.3) is 0 Å². The predicted octanol–water partition coefficient (Wildman–Crippen LogP) is 4.18. The van der Waals surface area contributed by atoms with Crippen LogP contribution in [0.25, 0.3) is 11.0 Å². The van der Waals surface area contributed by atoms with Gasteiger partial charge in [-0.15, -0.1) is 0 Å². The van der Waals surface area contributed by atoms with Crippen molar-refractivity contribution in [2.45, 2.75) is 33.2 Å². The topological polar surface area (TPSA) is 33.5 Å². The number of amides is 1. The molecule has 0 fully saturated rings. The van der Waals surface area contributed by atoms with Gasteiger partial charge in [0.2, 0.25) is 5.91 Å². The van der Waals surface area contributed by atoms with E-state index < -0.39 is 0 Å². The Kier molecular flexibility index (Phi) is 3.64. The fourth-order valence-electron chi connectivity index (χ4n) is 3.51. The lowest BCUT2D eigenvalue weighted by molar-refractivity contribution is -0.131. The van der Waals surface area contributed by atoms with E-state index in [0.717, 1.165) is 35.1 Å². The maximum atomic E-state index is 12.8. The van der Waals surface area contributed by atoms with Crippen LogP contribution in [0.1, 0.15) is 27.8 Å².